The number of carbonyl (C=O) groups excluding carboxylic acids is 6. The van der Waals surface area contributed by atoms with E-state index in [0.29, 0.717) is 30.8 Å². The molecule has 0 radical (unpaired) electrons. The lowest BCUT2D eigenvalue weighted by atomic mass is 9.82. The summed E-state index contributed by atoms with van der Waals surface area (Å²) in [4.78, 5) is 78.0. The molecule has 1 aliphatic rings. The van der Waals surface area contributed by atoms with Gasteiger partial charge >= 0.3 is 6.09 Å². The average Bonchev–Trinajstić information content (AvgIpc) is 3.71. The maximum Gasteiger partial charge on any atom is 0.407 e. The van der Waals surface area contributed by atoms with Crippen LogP contribution in [0, 0.1) is 17.0 Å². The van der Waals surface area contributed by atoms with Gasteiger partial charge in [-0.3, -0.25) is 28.9 Å². The summed E-state index contributed by atoms with van der Waals surface area (Å²) in [6.07, 6.45) is 3.38. The van der Waals surface area contributed by atoms with Crippen LogP contribution in [0.1, 0.15) is 57.3 Å². The fourth-order valence-corrected chi connectivity index (χ4v) is 7.31. The van der Waals surface area contributed by atoms with E-state index in [1.54, 1.807) is 17.2 Å². The van der Waals surface area contributed by atoms with Gasteiger partial charge < -0.3 is 30.2 Å². The second-order valence-electron chi connectivity index (χ2n) is 16.8. The van der Waals surface area contributed by atoms with E-state index in [0.717, 1.165) is 46.9 Å². The SMILES string of the molecule is CC(C)(C)[C@H](c1cc(-c2cc(F)ccc2F)cn1Cc1ccccc1)N(CCCNC(=O)OCC[Si](C)(C)C)C(=O)CCC(=O)NCCNC(=O)CN1C(=O)C=CC1=O. The minimum Gasteiger partial charge on any atom is -0.450 e. The number of carbonyl (C=O) groups is 6. The fourth-order valence-electron chi connectivity index (χ4n) is 6.59. The Kier molecular flexibility index (Phi) is 16.3. The number of benzene rings is 2. The monoisotopic (exact) mass is 834 g/mol. The molecule has 1 aromatic heterocycles. The lowest BCUT2D eigenvalue weighted by molar-refractivity contribution is -0.141. The molecule has 16 heteroatoms. The van der Waals surface area contributed by atoms with E-state index in [4.69, 9.17) is 4.74 Å². The van der Waals surface area contributed by atoms with Crippen molar-refractivity contribution in [2.75, 3.05) is 39.3 Å². The lowest BCUT2D eigenvalue weighted by Crippen LogP contribution is -2.44. The Morgan fingerprint density at radius 1 is 0.847 bits per heavy atom. The fraction of sp³-hybridized carbons (Fsp3) is 0.442. The van der Waals surface area contributed by atoms with Crippen molar-refractivity contribution < 1.29 is 42.3 Å². The van der Waals surface area contributed by atoms with Gasteiger partial charge in [0.2, 0.25) is 17.7 Å². The van der Waals surface area contributed by atoms with E-state index >= 15 is 4.39 Å². The van der Waals surface area contributed by atoms with Crippen LogP contribution in [0.2, 0.25) is 25.7 Å². The van der Waals surface area contributed by atoms with E-state index in [1.807, 2.05) is 55.7 Å². The number of aromatic nitrogens is 1. The molecule has 0 unspecified atom stereocenters. The molecule has 0 saturated carbocycles. The van der Waals surface area contributed by atoms with Gasteiger partial charge in [0.15, 0.2) is 0 Å². The van der Waals surface area contributed by atoms with Crippen molar-refractivity contribution in [3.05, 3.63) is 95.8 Å². The van der Waals surface area contributed by atoms with Crippen molar-refractivity contribution in [2.45, 2.75) is 78.3 Å². The van der Waals surface area contributed by atoms with Crippen LogP contribution in [-0.2, 0) is 35.3 Å². The molecule has 13 nitrogen and oxygen atoms in total. The summed E-state index contributed by atoms with van der Waals surface area (Å²) in [7, 11) is -1.41. The van der Waals surface area contributed by atoms with E-state index in [-0.39, 0.29) is 50.5 Å². The molecular formula is C43H56F2N6O7Si. The van der Waals surface area contributed by atoms with Gasteiger partial charge in [-0.1, -0.05) is 70.7 Å². The van der Waals surface area contributed by atoms with Crippen LogP contribution in [0.15, 0.2) is 72.9 Å². The maximum absolute atomic E-state index is 15.2. The Hall–Kier alpha value is -5.64. The first-order chi connectivity index (χ1) is 27.8. The topological polar surface area (TPSA) is 159 Å². The van der Waals surface area contributed by atoms with Crippen LogP contribution in [0.5, 0.6) is 0 Å². The predicted octanol–water partition coefficient (Wildman–Crippen LogP) is 5.79. The number of halogens is 2. The summed E-state index contributed by atoms with van der Waals surface area (Å²) in [6.45, 7) is 13.2. The molecule has 2 aromatic carbocycles. The van der Waals surface area contributed by atoms with Gasteiger partial charge in [-0.25, -0.2) is 13.6 Å². The van der Waals surface area contributed by atoms with Gasteiger partial charge in [0, 0.05) is 88.8 Å². The number of hydrogen-bond donors (Lipinski definition) is 3. The van der Waals surface area contributed by atoms with Crippen LogP contribution in [0.4, 0.5) is 13.6 Å². The summed E-state index contributed by atoms with van der Waals surface area (Å²) < 4.78 is 37.0. The van der Waals surface area contributed by atoms with E-state index in [9.17, 15) is 33.2 Å². The van der Waals surface area contributed by atoms with Crippen molar-refractivity contribution in [2.24, 2.45) is 5.41 Å². The van der Waals surface area contributed by atoms with Crippen LogP contribution < -0.4 is 16.0 Å². The van der Waals surface area contributed by atoms with Crippen LogP contribution in [0.3, 0.4) is 0 Å². The molecule has 6 amide bonds. The average molecular weight is 835 g/mol. The molecule has 3 aromatic rings. The summed E-state index contributed by atoms with van der Waals surface area (Å²) >= 11 is 0. The zero-order valence-corrected chi connectivity index (χ0v) is 35.7. The van der Waals surface area contributed by atoms with E-state index in [1.165, 1.54) is 0 Å². The second-order valence-corrected chi connectivity index (χ2v) is 22.4. The van der Waals surface area contributed by atoms with Crippen molar-refractivity contribution in [1.29, 1.82) is 0 Å². The largest absolute Gasteiger partial charge is 0.450 e. The quantitative estimate of drug-likeness (QED) is 0.0739. The number of nitrogens with zero attached hydrogens (tertiary/aromatic N) is 3. The van der Waals surface area contributed by atoms with E-state index in [2.05, 4.69) is 35.6 Å². The standard InChI is InChI=1S/C43H56F2N6O7Si/c1-43(2,3)41(35-25-31(33-26-32(44)13-14-34(33)45)28-49(35)27-30-11-8-7-9-12-30)50(22-10-19-48-42(57)58-23-24-59(4,5)6)38(54)16-15-36(52)46-20-21-47-37(53)29-51-39(55)17-18-40(51)56/h7-9,11-14,17-18,25-26,28,41H,10,15-16,19-24,27,29H2,1-6H3,(H,46,52)(H,47,53)(H,48,57)/t41-/m0/s1. The summed E-state index contributed by atoms with van der Waals surface area (Å²) in [6, 6.07) is 14.9. The third kappa shape index (κ3) is 14.3. The van der Waals surface area contributed by atoms with Crippen molar-refractivity contribution >= 4 is 43.7 Å². The van der Waals surface area contributed by atoms with Gasteiger partial charge in [0.25, 0.3) is 11.8 Å². The zero-order valence-electron chi connectivity index (χ0n) is 34.7. The Morgan fingerprint density at radius 2 is 1.51 bits per heavy atom. The minimum atomic E-state index is -1.41. The van der Waals surface area contributed by atoms with Crippen LogP contribution in [-0.4, -0.2) is 97.4 Å². The first-order valence-electron chi connectivity index (χ1n) is 19.8. The highest BCUT2D eigenvalue weighted by molar-refractivity contribution is 6.76. The highest BCUT2D eigenvalue weighted by atomic mass is 28.3. The lowest BCUT2D eigenvalue weighted by Gasteiger charge is -2.41. The number of alkyl carbamates (subject to hydrolysis) is 1. The highest BCUT2D eigenvalue weighted by Crippen LogP contribution is 2.41. The third-order valence-corrected chi connectivity index (χ3v) is 11.3. The summed E-state index contributed by atoms with van der Waals surface area (Å²) in [5.74, 6) is -3.71. The molecule has 59 heavy (non-hydrogen) atoms. The Bertz CT molecular complexity index is 1990. The molecule has 0 fully saturated rings. The molecule has 1 atom stereocenters. The molecule has 0 spiro atoms. The number of rotatable bonds is 20. The van der Waals surface area contributed by atoms with Gasteiger partial charge in [0.05, 0.1) is 12.6 Å². The van der Waals surface area contributed by atoms with E-state index < -0.39 is 67.4 Å². The smallest absolute Gasteiger partial charge is 0.407 e. The van der Waals surface area contributed by atoms with Crippen molar-refractivity contribution in [1.82, 2.24) is 30.3 Å². The molecule has 0 bridgehead atoms. The van der Waals surface area contributed by atoms with Gasteiger partial charge in [-0.05, 0) is 47.7 Å². The van der Waals surface area contributed by atoms with Crippen molar-refractivity contribution in [3.63, 3.8) is 0 Å². The molecule has 318 valence electrons. The maximum atomic E-state index is 15.2. The molecule has 3 N–H and O–H groups in total. The molecule has 2 heterocycles. The molecule has 0 aliphatic carbocycles. The molecular weight excluding hydrogens is 779 g/mol. The number of hydrogen-bond acceptors (Lipinski definition) is 7. The second kappa shape index (κ2) is 20.9. The first kappa shape index (κ1) is 46.1. The zero-order chi connectivity index (χ0) is 43.3. The Balaban J connectivity index is 1.53. The van der Waals surface area contributed by atoms with Gasteiger partial charge in [-0.2, -0.15) is 0 Å². The van der Waals surface area contributed by atoms with Gasteiger partial charge in [0.1, 0.15) is 18.2 Å². The predicted molar refractivity (Wildman–Crippen MR) is 222 cm³/mol. The minimum absolute atomic E-state index is 0.0284. The normalized spacial score (nSPS) is 13.3. The number of nitrogens with one attached hydrogen (secondary N) is 3. The summed E-state index contributed by atoms with van der Waals surface area (Å²) in [5, 5.41) is 8.00. The Labute approximate surface area is 345 Å². The van der Waals surface area contributed by atoms with Crippen LogP contribution >= 0.6 is 0 Å². The number of ether oxygens (including phenoxy) is 1. The number of imide groups is 1. The van der Waals surface area contributed by atoms with Crippen LogP contribution in [0.25, 0.3) is 11.1 Å². The van der Waals surface area contributed by atoms with Gasteiger partial charge in [-0.15, -0.1) is 0 Å². The summed E-state index contributed by atoms with van der Waals surface area (Å²) in [5.41, 5.74) is 1.49. The molecule has 1 aliphatic heterocycles. The molecule has 4 rings (SSSR count). The molecule has 0 saturated heterocycles. The Morgan fingerprint density at radius 3 is 2.15 bits per heavy atom. The number of amides is 6. The highest BCUT2D eigenvalue weighted by Gasteiger charge is 2.37. The van der Waals surface area contributed by atoms with Crippen molar-refractivity contribution in [3.8, 4) is 11.1 Å². The first-order valence-corrected chi connectivity index (χ1v) is 23.5. The third-order valence-electron chi connectivity index (χ3n) is 9.57.